The van der Waals surface area contributed by atoms with Crippen molar-refractivity contribution in [3.05, 3.63) is 70.3 Å². The largest absolute Gasteiger partial charge is 0.299 e. The van der Waals surface area contributed by atoms with Crippen molar-refractivity contribution in [1.82, 2.24) is 24.9 Å². The fourth-order valence-electron chi connectivity index (χ4n) is 4.51. The summed E-state index contributed by atoms with van der Waals surface area (Å²) in [4.78, 5) is 2.58. The molecule has 1 N–H and O–H groups in total. The minimum Gasteiger partial charge on any atom is -0.299 e. The molecular formula is C23H31N5. The Bertz CT molecular complexity index is 900. The van der Waals surface area contributed by atoms with Gasteiger partial charge in [-0.2, -0.15) is 10.2 Å². The maximum absolute atomic E-state index is 4.68. The molecule has 5 heteroatoms. The van der Waals surface area contributed by atoms with Crippen molar-refractivity contribution >= 4 is 0 Å². The highest BCUT2D eigenvalue weighted by molar-refractivity contribution is 5.29. The van der Waals surface area contributed by atoms with E-state index in [-0.39, 0.29) is 0 Å². The second kappa shape index (κ2) is 8.31. The average molecular weight is 378 g/mol. The zero-order valence-electron chi connectivity index (χ0n) is 17.3. The quantitative estimate of drug-likeness (QED) is 0.700. The van der Waals surface area contributed by atoms with Crippen LogP contribution in [0.15, 0.2) is 36.5 Å². The zero-order chi connectivity index (χ0) is 19.5. The number of hydrogen-bond donors (Lipinski definition) is 1. The molecule has 1 aliphatic heterocycles. The highest BCUT2D eigenvalue weighted by Crippen LogP contribution is 2.31. The van der Waals surface area contributed by atoms with Crippen LogP contribution in [0.5, 0.6) is 0 Å². The van der Waals surface area contributed by atoms with Gasteiger partial charge in [0.25, 0.3) is 0 Å². The molecule has 1 saturated heterocycles. The van der Waals surface area contributed by atoms with E-state index in [1.807, 2.05) is 6.20 Å². The number of hydrogen-bond acceptors (Lipinski definition) is 3. The molecule has 0 atom stereocenters. The van der Waals surface area contributed by atoms with Crippen molar-refractivity contribution in [2.45, 2.75) is 59.0 Å². The van der Waals surface area contributed by atoms with Crippen molar-refractivity contribution < 1.29 is 0 Å². The lowest BCUT2D eigenvalue weighted by molar-refractivity contribution is 0.202. The summed E-state index contributed by atoms with van der Waals surface area (Å²) in [6, 6.07) is 10.7. The summed E-state index contributed by atoms with van der Waals surface area (Å²) in [5.74, 6) is 0.582. The first-order valence-electron chi connectivity index (χ1n) is 10.5. The molecule has 1 fully saturated rings. The van der Waals surface area contributed by atoms with Crippen LogP contribution in [0.4, 0.5) is 0 Å². The molecule has 0 saturated carbocycles. The summed E-state index contributed by atoms with van der Waals surface area (Å²) < 4.78 is 2.12. The van der Waals surface area contributed by atoms with Gasteiger partial charge in [-0.05, 0) is 57.8 Å². The van der Waals surface area contributed by atoms with E-state index in [0.29, 0.717) is 5.92 Å². The molecule has 3 heterocycles. The van der Waals surface area contributed by atoms with Crippen molar-refractivity contribution in [2.75, 3.05) is 13.1 Å². The monoisotopic (exact) mass is 377 g/mol. The number of piperidine rings is 1. The van der Waals surface area contributed by atoms with Crippen LogP contribution >= 0.6 is 0 Å². The third-order valence-corrected chi connectivity index (χ3v) is 6.20. The number of benzene rings is 1. The molecule has 0 bridgehead atoms. The molecule has 0 aliphatic carbocycles. The van der Waals surface area contributed by atoms with Crippen LogP contribution in [-0.2, 0) is 19.5 Å². The molecule has 148 valence electrons. The van der Waals surface area contributed by atoms with Gasteiger partial charge < -0.3 is 0 Å². The number of aromatic nitrogens is 4. The first kappa shape index (κ1) is 18.9. The normalized spacial score (nSPS) is 16.0. The van der Waals surface area contributed by atoms with Gasteiger partial charge in [0.15, 0.2) is 0 Å². The molecular weight excluding hydrogens is 346 g/mol. The van der Waals surface area contributed by atoms with Gasteiger partial charge >= 0.3 is 0 Å². The standard InChI is InChI=1S/C23H31N5/c1-4-28-18(3)22(17(2)26-28)16-27-12-10-20(11-13-27)23-21(15-24-25-23)14-19-8-6-5-7-9-19/h5-9,15,20H,4,10-14,16H2,1-3H3,(H,24,25). The highest BCUT2D eigenvalue weighted by atomic mass is 15.3. The number of aromatic amines is 1. The van der Waals surface area contributed by atoms with Gasteiger partial charge in [0.2, 0.25) is 0 Å². The Balaban J connectivity index is 1.39. The van der Waals surface area contributed by atoms with Crippen LogP contribution in [0, 0.1) is 13.8 Å². The van der Waals surface area contributed by atoms with Crippen LogP contribution in [0.1, 0.15) is 59.5 Å². The van der Waals surface area contributed by atoms with Gasteiger partial charge in [0.05, 0.1) is 11.9 Å². The van der Waals surface area contributed by atoms with Crippen LogP contribution < -0.4 is 0 Å². The molecule has 4 rings (SSSR count). The summed E-state index contributed by atoms with van der Waals surface area (Å²) in [5, 5.41) is 12.4. The van der Waals surface area contributed by atoms with Gasteiger partial charge in [-0.25, -0.2) is 0 Å². The summed E-state index contributed by atoms with van der Waals surface area (Å²) in [6.45, 7) is 10.7. The lowest BCUT2D eigenvalue weighted by Crippen LogP contribution is -2.33. The van der Waals surface area contributed by atoms with E-state index in [1.165, 1.54) is 46.6 Å². The molecule has 0 radical (unpaired) electrons. The SMILES string of the molecule is CCn1nc(C)c(CN2CCC(c3[nH]ncc3Cc3ccccc3)CC2)c1C. The summed E-state index contributed by atoms with van der Waals surface area (Å²) >= 11 is 0. The van der Waals surface area contributed by atoms with E-state index in [0.717, 1.165) is 32.6 Å². The predicted molar refractivity (Wildman–Crippen MR) is 112 cm³/mol. The van der Waals surface area contributed by atoms with Crippen molar-refractivity contribution in [3.8, 4) is 0 Å². The fourth-order valence-corrected chi connectivity index (χ4v) is 4.51. The predicted octanol–water partition coefficient (Wildman–Crippen LogP) is 4.21. The van der Waals surface area contributed by atoms with Gasteiger partial charge in [-0.15, -0.1) is 0 Å². The van der Waals surface area contributed by atoms with Gasteiger partial charge in [0.1, 0.15) is 0 Å². The molecule has 28 heavy (non-hydrogen) atoms. The fraction of sp³-hybridized carbons (Fsp3) is 0.478. The maximum Gasteiger partial charge on any atom is 0.0641 e. The molecule has 1 aromatic carbocycles. The second-order valence-electron chi connectivity index (χ2n) is 7.99. The summed E-state index contributed by atoms with van der Waals surface area (Å²) in [7, 11) is 0. The number of rotatable bonds is 6. The minimum absolute atomic E-state index is 0.582. The summed E-state index contributed by atoms with van der Waals surface area (Å²) in [5.41, 5.74) is 7.95. The van der Waals surface area contributed by atoms with Gasteiger partial charge in [-0.3, -0.25) is 14.7 Å². The Kier molecular flexibility index (Phi) is 5.62. The van der Waals surface area contributed by atoms with E-state index in [4.69, 9.17) is 0 Å². The molecule has 0 spiro atoms. The Hall–Kier alpha value is -2.40. The molecule has 1 aliphatic rings. The van der Waals surface area contributed by atoms with Crippen molar-refractivity contribution in [3.63, 3.8) is 0 Å². The van der Waals surface area contributed by atoms with Crippen molar-refractivity contribution in [1.29, 1.82) is 0 Å². The Morgan fingerprint density at radius 1 is 1.11 bits per heavy atom. The third-order valence-electron chi connectivity index (χ3n) is 6.20. The first-order chi connectivity index (χ1) is 13.7. The van der Waals surface area contributed by atoms with E-state index < -0.39 is 0 Å². The first-order valence-corrected chi connectivity index (χ1v) is 10.5. The molecule has 0 amide bonds. The topological polar surface area (TPSA) is 49.7 Å². The van der Waals surface area contributed by atoms with Gasteiger partial charge in [-0.1, -0.05) is 30.3 Å². The Morgan fingerprint density at radius 2 is 1.86 bits per heavy atom. The van der Waals surface area contributed by atoms with Crippen LogP contribution in [0.2, 0.25) is 0 Å². The van der Waals surface area contributed by atoms with Crippen LogP contribution in [0.3, 0.4) is 0 Å². The second-order valence-corrected chi connectivity index (χ2v) is 7.99. The Morgan fingerprint density at radius 3 is 2.54 bits per heavy atom. The smallest absolute Gasteiger partial charge is 0.0641 e. The van der Waals surface area contributed by atoms with E-state index in [1.54, 1.807) is 0 Å². The van der Waals surface area contributed by atoms with E-state index in [2.05, 4.69) is 76.0 Å². The van der Waals surface area contributed by atoms with E-state index >= 15 is 0 Å². The molecule has 2 aromatic heterocycles. The van der Waals surface area contributed by atoms with Gasteiger partial charge in [0, 0.05) is 42.4 Å². The van der Waals surface area contributed by atoms with Crippen molar-refractivity contribution in [2.24, 2.45) is 0 Å². The van der Waals surface area contributed by atoms with Crippen LogP contribution in [-0.4, -0.2) is 38.0 Å². The number of aryl methyl sites for hydroxylation is 2. The maximum atomic E-state index is 4.68. The number of nitrogens with zero attached hydrogens (tertiary/aromatic N) is 4. The number of likely N-dealkylation sites (tertiary alicyclic amines) is 1. The number of H-pyrrole nitrogens is 1. The average Bonchev–Trinajstić information content (AvgIpc) is 3.28. The lowest BCUT2D eigenvalue weighted by atomic mass is 9.89. The number of nitrogens with one attached hydrogen (secondary N) is 1. The van der Waals surface area contributed by atoms with E-state index in [9.17, 15) is 0 Å². The van der Waals surface area contributed by atoms with Crippen LogP contribution in [0.25, 0.3) is 0 Å². The molecule has 3 aromatic rings. The summed E-state index contributed by atoms with van der Waals surface area (Å²) in [6.07, 6.45) is 5.34. The third kappa shape index (κ3) is 3.90. The highest BCUT2D eigenvalue weighted by Gasteiger charge is 2.25. The molecule has 5 nitrogen and oxygen atoms in total. The molecule has 0 unspecified atom stereocenters. The minimum atomic E-state index is 0.582. The Labute approximate surface area is 167 Å². The lowest BCUT2D eigenvalue weighted by Gasteiger charge is -2.32. The zero-order valence-corrected chi connectivity index (χ0v) is 17.3.